The van der Waals surface area contributed by atoms with E-state index in [2.05, 4.69) is 15.4 Å². The quantitative estimate of drug-likeness (QED) is 0.856. The van der Waals surface area contributed by atoms with Crippen molar-refractivity contribution in [3.05, 3.63) is 12.2 Å². The van der Waals surface area contributed by atoms with Gasteiger partial charge in [0, 0.05) is 24.1 Å². The minimum atomic E-state index is -0.0222. The van der Waals surface area contributed by atoms with Crippen LogP contribution in [0, 0.1) is 0 Å². The van der Waals surface area contributed by atoms with E-state index in [1.54, 1.807) is 0 Å². The number of carbonyl (C=O) groups is 1. The zero-order valence-corrected chi connectivity index (χ0v) is 11.0. The van der Waals surface area contributed by atoms with E-state index in [1.165, 1.54) is 6.33 Å². The number of thioether (sulfide) groups is 1. The van der Waals surface area contributed by atoms with E-state index in [0.717, 1.165) is 23.9 Å². The Morgan fingerprint density at radius 2 is 2.53 bits per heavy atom. The molecule has 0 spiro atoms. The molecule has 5 nitrogen and oxygen atoms in total. The Labute approximate surface area is 105 Å². The topological polar surface area (TPSA) is 59.8 Å². The van der Waals surface area contributed by atoms with Gasteiger partial charge in [-0.3, -0.25) is 4.79 Å². The van der Waals surface area contributed by atoms with E-state index in [1.807, 2.05) is 30.3 Å². The van der Waals surface area contributed by atoms with E-state index in [9.17, 15) is 4.79 Å². The number of ketones is 1. The van der Waals surface area contributed by atoms with Crippen LogP contribution in [0.25, 0.3) is 0 Å². The SMILES string of the molecule is CC(C)n1ncnc1CC(=O)C1CSCCN1. The minimum Gasteiger partial charge on any atom is -0.306 e. The van der Waals surface area contributed by atoms with Gasteiger partial charge >= 0.3 is 0 Å². The number of hydrogen-bond acceptors (Lipinski definition) is 5. The molecule has 1 N–H and O–H groups in total. The van der Waals surface area contributed by atoms with Crippen LogP contribution in [0.2, 0.25) is 0 Å². The van der Waals surface area contributed by atoms with Crippen LogP contribution in [0.4, 0.5) is 0 Å². The molecule has 17 heavy (non-hydrogen) atoms. The second-order valence-electron chi connectivity index (χ2n) is 4.44. The summed E-state index contributed by atoms with van der Waals surface area (Å²) in [4.78, 5) is 16.3. The molecule has 1 unspecified atom stereocenters. The van der Waals surface area contributed by atoms with Gasteiger partial charge < -0.3 is 5.32 Å². The van der Waals surface area contributed by atoms with E-state index in [4.69, 9.17) is 0 Å². The lowest BCUT2D eigenvalue weighted by Gasteiger charge is -2.21. The second kappa shape index (κ2) is 5.64. The van der Waals surface area contributed by atoms with Gasteiger partial charge in [0.1, 0.15) is 12.2 Å². The summed E-state index contributed by atoms with van der Waals surface area (Å²) in [5.41, 5.74) is 0. The molecule has 2 heterocycles. The van der Waals surface area contributed by atoms with Crippen LogP contribution < -0.4 is 5.32 Å². The second-order valence-corrected chi connectivity index (χ2v) is 5.59. The Bertz CT molecular complexity index is 385. The molecule has 0 saturated carbocycles. The Morgan fingerprint density at radius 1 is 1.71 bits per heavy atom. The summed E-state index contributed by atoms with van der Waals surface area (Å²) < 4.78 is 1.81. The maximum atomic E-state index is 12.1. The predicted molar refractivity (Wildman–Crippen MR) is 68.2 cm³/mol. The van der Waals surface area contributed by atoms with Gasteiger partial charge in [-0.1, -0.05) is 0 Å². The van der Waals surface area contributed by atoms with Crippen LogP contribution in [0.3, 0.4) is 0 Å². The first-order chi connectivity index (χ1) is 8.18. The van der Waals surface area contributed by atoms with E-state index in [-0.39, 0.29) is 17.9 Å². The van der Waals surface area contributed by atoms with Crippen LogP contribution >= 0.6 is 11.8 Å². The molecular formula is C11H18N4OS. The van der Waals surface area contributed by atoms with Crippen molar-refractivity contribution in [2.75, 3.05) is 18.1 Å². The lowest BCUT2D eigenvalue weighted by molar-refractivity contribution is -0.120. The fourth-order valence-electron chi connectivity index (χ4n) is 1.88. The Balaban J connectivity index is 1.99. The highest BCUT2D eigenvalue weighted by atomic mass is 32.2. The smallest absolute Gasteiger partial charge is 0.158 e. The summed E-state index contributed by atoms with van der Waals surface area (Å²) in [5, 5.41) is 7.39. The van der Waals surface area contributed by atoms with Gasteiger partial charge in [0.25, 0.3) is 0 Å². The third-order valence-corrected chi connectivity index (χ3v) is 3.84. The number of hydrogen-bond donors (Lipinski definition) is 1. The van der Waals surface area contributed by atoms with Crippen molar-refractivity contribution >= 4 is 17.5 Å². The summed E-state index contributed by atoms with van der Waals surface area (Å²) in [6.45, 7) is 4.99. The van der Waals surface area contributed by atoms with Crippen LogP contribution in [0.15, 0.2) is 6.33 Å². The summed E-state index contributed by atoms with van der Waals surface area (Å²) in [6, 6.07) is 0.222. The first kappa shape index (κ1) is 12.6. The lowest BCUT2D eigenvalue weighted by Crippen LogP contribution is -2.44. The van der Waals surface area contributed by atoms with Crippen molar-refractivity contribution in [3.63, 3.8) is 0 Å². The van der Waals surface area contributed by atoms with Gasteiger partial charge in [0.15, 0.2) is 5.78 Å². The number of Topliss-reactive ketones (excluding diaryl/α,β-unsaturated/α-hetero) is 1. The third-order valence-electron chi connectivity index (χ3n) is 2.78. The molecule has 0 radical (unpaired) electrons. The predicted octanol–water partition coefficient (Wildman–Crippen LogP) is 0.676. The standard InChI is InChI=1S/C11H18N4OS/c1-8(2)15-11(13-7-14-15)5-10(16)9-6-17-4-3-12-9/h7-9,12H,3-6H2,1-2H3. The molecule has 1 aromatic heterocycles. The number of rotatable bonds is 4. The van der Waals surface area contributed by atoms with Crippen molar-refractivity contribution in [1.82, 2.24) is 20.1 Å². The largest absolute Gasteiger partial charge is 0.306 e. The van der Waals surface area contributed by atoms with Crippen molar-refractivity contribution in [3.8, 4) is 0 Å². The first-order valence-electron chi connectivity index (χ1n) is 5.90. The Kier molecular flexibility index (Phi) is 4.17. The van der Waals surface area contributed by atoms with Crippen molar-refractivity contribution in [2.45, 2.75) is 32.4 Å². The normalized spacial score (nSPS) is 20.8. The highest BCUT2D eigenvalue weighted by molar-refractivity contribution is 7.99. The molecule has 0 bridgehead atoms. The maximum Gasteiger partial charge on any atom is 0.158 e. The van der Waals surface area contributed by atoms with Crippen molar-refractivity contribution in [2.24, 2.45) is 0 Å². The maximum absolute atomic E-state index is 12.1. The number of nitrogens with one attached hydrogen (secondary N) is 1. The molecule has 1 aromatic rings. The number of nitrogens with zero attached hydrogens (tertiary/aromatic N) is 3. The highest BCUT2D eigenvalue weighted by Crippen LogP contribution is 2.11. The third kappa shape index (κ3) is 3.07. The van der Waals surface area contributed by atoms with Crippen LogP contribution in [0.5, 0.6) is 0 Å². The van der Waals surface area contributed by atoms with Gasteiger partial charge in [-0.2, -0.15) is 16.9 Å². The lowest BCUT2D eigenvalue weighted by atomic mass is 10.1. The van der Waals surface area contributed by atoms with Crippen LogP contribution in [-0.2, 0) is 11.2 Å². The Morgan fingerprint density at radius 3 is 3.18 bits per heavy atom. The molecule has 2 rings (SSSR count). The van der Waals surface area contributed by atoms with Gasteiger partial charge in [-0.25, -0.2) is 9.67 Å². The van der Waals surface area contributed by atoms with E-state index < -0.39 is 0 Å². The van der Waals surface area contributed by atoms with Crippen molar-refractivity contribution < 1.29 is 4.79 Å². The van der Waals surface area contributed by atoms with Gasteiger partial charge in [-0.15, -0.1) is 0 Å². The average molecular weight is 254 g/mol. The summed E-state index contributed by atoms with van der Waals surface area (Å²) in [7, 11) is 0. The van der Waals surface area contributed by atoms with Crippen LogP contribution in [-0.4, -0.2) is 44.6 Å². The minimum absolute atomic E-state index is 0.0222. The van der Waals surface area contributed by atoms with Crippen molar-refractivity contribution in [1.29, 1.82) is 0 Å². The Hall–Kier alpha value is -0.880. The molecule has 0 aromatic carbocycles. The molecule has 1 fully saturated rings. The fourth-order valence-corrected chi connectivity index (χ4v) is 2.85. The fraction of sp³-hybridized carbons (Fsp3) is 0.727. The molecule has 94 valence electrons. The van der Waals surface area contributed by atoms with Crippen LogP contribution in [0.1, 0.15) is 25.7 Å². The zero-order valence-electron chi connectivity index (χ0n) is 10.2. The van der Waals surface area contributed by atoms with E-state index in [0.29, 0.717) is 6.42 Å². The summed E-state index contributed by atoms with van der Waals surface area (Å²) in [6.07, 6.45) is 1.89. The van der Waals surface area contributed by atoms with E-state index >= 15 is 0 Å². The first-order valence-corrected chi connectivity index (χ1v) is 7.06. The molecule has 6 heteroatoms. The molecule has 1 aliphatic heterocycles. The molecule has 1 atom stereocenters. The van der Waals surface area contributed by atoms with Gasteiger partial charge in [0.2, 0.25) is 0 Å². The highest BCUT2D eigenvalue weighted by Gasteiger charge is 2.22. The molecule has 0 aliphatic carbocycles. The summed E-state index contributed by atoms with van der Waals surface area (Å²) >= 11 is 1.83. The molecule has 1 saturated heterocycles. The monoisotopic (exact) mass is 254 g/mol. The van der Waals surface area contributed by atoms with Gasteiger partial charge in [0.05, 0.1) is 12.5 Å². The van der Waals surface area contributed by atoms with Gasteiger partial charge in [-0.05, 0) is 13.8 Å². The molecule has 1 aliphatic rings. The molecular weight excluding hydrogens is 236 g/mol. The zero-order chi connectivity index (χ0) is 12.3. The number of aromatic nitrogens is 3. The summed E-state index contributed by atoms with van der Waals surface area (Å²) in [5.74, 6) is 2.94. The number of carbonyl (C=O) groups excluding carboxylic acids is 1. The average Bonchev–Trinajstić information content (AvgIpc) is 2.78. The molecule has 0 amide bonds.